The fourth-order valence-electron chi connectivity index (χ4n) is 6.86. The van der Waals surface area contributed by atoms with Crippen LogP contribution in [0.1, 0.15) is 45.5 Å². The molecule has 0 spiro atoms. The molecule has 5 atom stereocenters. The van der Waals surface area contributed by atoms with Crippen molar-refractivity contribution in [2.75, 3.05) is 39.7 Å². The maximum absolute atomic E-state index is 14.2. The third kappa shape index (κ3) is 5.95. The Balaban J connectivity index is 1.76. The number of benzene rings is 2. The van der Waals surface area contributed by atoms with Crippen molar-refractivity contribution in [2.24, 2.45) is 23.5 Å². The van der Waals surface area contributed by atoms with E-state index < -0.39 is 65.7 Å². The average molecular weight is 595 g/mol. The van der Waals surface area contributed by atoms with Crippen LogP contribution in [0.3, 0.4) is 0 Å². The van der Waals surface area contributed by atoms with Crippen LogP contribution in [0, 0.1) is 24.7 Å². The summed E-state index contributed by atoms with van der Waals surface area (Å²) in [6.45, 7) is 2.30. The molecular formula is C32H42N4O7. The molecule has 0 aliphatic heterocycles. The number of aryl methyl sites for hydroxylation is 1. The first-order valence-electron chi connectivity index (χ1n) is 14.4. The summed E-state index contributed by atoms with van der Waals surface area (Å²) in [6.07, 6.45) is -0.601. The third-order valence-corrected chi connectivity index (χ3v) is 8.96. The van der Waals surface area contributed by atoms with E-state index in [2.05, 4.69) is 11.4 Å². The second kappa shape index (κ2) is 12.5. The Kier molecular flexibility index (Phi) is 9.41. The zero-order valence-corrected chi connectivity index (χ0v) is 25.4. The minimum absolute atomic E-state index is 0.00243. The van der Waals surface area contributed by atoms with Crippen molar-refractivity contribution in [3.63, 3.8) is 0 Å². The van der Waals surface area contributed by atoms with Gasteiger partial charge in [-0.1, -0.05) is 29.8 Å². The average Bonchev–Trinajstić information content (AvgIpc) is 2.92. The van der Waals surface area contributed by atoms with E-state index in [4.69, 9.17) is 5.73 Å². The molecule has 11 heteroatoms. The molecule has 232 valence electrons. The molecule has 0 saturated heterocycles. The van der Waals surface area contributed by atoms with Crippen molar-refractivity contribution < 1.29 is 34.5 Å². The van der Waals surface area contributed by atoms with Crippen molar-refractivity contribution in [2.45, 2.75) is 50.9 Å². The van der Waals surface area contributed by atoms with Gasteiger partial charge >= 0.3 is 0 Å². The highest BCUT2D eigenvalue weighted by molar-refractivity contribution is 6.24. The SMILES string of the molecule is Cc1cccc(CNCc2cc(N(C)C)c3c(c2O)C(=O)C2C(=O)[C@](O)(C(=O)CC(N)=O)[C@H]([C@@H](CO)N(C)C)CC2C3)c1. The molecule has 1 amide bonds. The molecule has 2 unspecified atom stereocenters. The first kappa shape index (κ1) is 32.3. The number of carbonyl (C=O) groups is 4. The molecule has 2 aliphatic rings. The number of aliphatic hydroxyl groups excluding tert-OH is 1. The van der Waals surface area contributed by atoms with Gasteiger partial charge in [0, 0.05) is 50.4 Å². The normalized spacial score (nSPS) is 24.0. The number of nitrogens with two attached hydrogens (primary N) is 1. The summed E-state index contributed by atoms with van der Waals surface area (Å²) in [5, 5.41) is 36.7. The van der Waals surface area contributed by atoms with Crippen LogP contribution >= 0.6 is 0 Å². The number of aliphatic hydroxyl groups is 2. The van der Waals surface area contributed by atoms with Crippen molar-refractivity contribution in [1.82, 2.24) is 10.2 Å². The zero-order chi connectivity index (χ0) is 31.8. The van der Waals surface area contributed by atoms with Crippen molar-refractivity contribution >= 4 is 28.9 Å². The number of amides is 1. The Hall–Kier alpha value is -3.64. The lowest BCUT2D eigenvalue weighted by Gasteiger charge is -2.49. The Labute approximate surface area is 251 Å². The van der Waals surface area contributed by atoms with Gasteiger partial charge in [0.2, 0.25) is 5.91 Å². The van der Waals surface area contributed by atoms with E-state index in [0.29, 0.717) is 23.4 Å². The molecule has 2 aromatic carbocycles. The number of anilines is 1. The maximum Gasteiger partial charge on any atom is 0.225 e. The van der Waals surface area contributed by atoms with Crippen LogP contribution in [0.15, 0.2) is 30.3 Å². The number of nitrogens with one attached hydrogen (secondary N) is 1. The molecule has 43 heavy (non-hydrogen) atoms. The Morgan fingerprint density at radius 1 is 1.14 bits per heavy atom. The molecule has 0 aromatic heterocycles. The van der Waals surface area contributed by atoms with Gasteiger partial charge in [0.15, 0.2) is 23.0 Å². The molecule has 0 radical (unpaired) electrons. The van der Waals surface area contributed by atoms with Crippen LogP contribution in [0.5, 0.6) is 5.75 Å². The van der Waals surface area contributed by atoms with Crippen LogP contribution in [0.25, 0.3) is 0 Å². The number of fused-ring (bicyclic) bond motifs is 2. The second-order valence-corrected chi connectivity index (χ2v) is 12.3. The molecule has 2 aromatic rings. The number of Topliss-reactive ketones (excluding diaryl/α,β-unsaturated/α-hetero) is 3. The number of primary amides is 1. The monoisotopic (exact) mass is 594 g/mol. The van der Waals surface area contributed by atoms with Crippen LogP contribution in [0.2, 0.25) is 0 Å². The van der Waals surface area contributed by atoms with Crippen LogP contribution in [-0.4, -0.2) is 89.9 Å². The minimum Gasteiger partial charge on any atom is -0.507 e. The third-order valence-electron chi connectivity index (χ3n) is 8.96. The number of carbonyl (C=O) groups excluding carboxylic acids is 4. The van der Waals surface area contributed by atoms with E-state index in [1.54, 1.807) is 19.0 Å². The number of hydrogen-bond donors (Lipinski definition) is 5. The van der Waals surface area contributed by atoms with E-state index in [1.807, 2.05) is 50.2 Å². The van der Waals surface area contributed by atoms with Crippen molar-refractivity contribution in [1.29, 1.82) is 0 Å². The lowest BCUT2D eigenvalue weighted by atomic mass is 9.56. The summed E-state index contributed by atoms with van der Waals surface area (Å²) in [5.41, 5.74) is 6.49. The minimum atomic E-state index is -2.71. The number of hydrogen-bond acceptors (Lipinski definition) is 10. The molecule has 1 saturated carbocycles. The number of phenols is 1. The van der Waals surface area contributed by atoms with Gasteiger partial charge in [-0.05, 0) is 57.0 Å². The first-order valence-corrected chi connectivity index (χ1v) is 14.4. The van der Waals surface area contributed by atoms with Gasteiger partial charge in [-0.25, -0.2) is 0 Å². The van der Waals surface area contributed by atoms with Crippen LogP contribution in [0.4, 0.5) is 5.69 Å². The van der Waals surface area contributed by atoms with E-state index in [-0.39, 0.29) is 30.7 Å². The standard InChI is InChI=1S/C32H42N4O7/c1-17-7-6-8-18(9-17)14-34-15-20-12-23(35(2)3)21-10-19-11-22(24(16-37)36(4)5)32(43,25(38)13-26(33)39)31(42)27(19)30(41)28(21)29(20)40/h6-9,12,19,22,24,27,34,37,40,43H,10-11,13-16H2,1-5H3,(H2,33,39)/t19?,22-,24+,27?,32+/m0/s1. The number of ketones is 3. The van der Waals surface area contributed by atoms with Crippen molar-refractivity contribution in [3.05, 3.63) is 58.1 Å². The maximum atomic E-state index is 14.2. The molecule has 11 nitrogen and oxygen atoms in total. The molecular weight excluding hydrogens is 552 g/mol. The predicted octanol–water partition coefficient (Wildman–Crippen LogP) is 0.715. The van der Waals surface area contributed by atoms with Gasteiger partial charge in [-0.2, -0.15) is 0 Å². The van der Waals surface area contributed by atoms with E-state index in [0.717, 1.165) is 11.1 Å². The molecule has 2 aliphatic carbocycles. The van der Waals surface area contributed by atoms with Gasteiger partial charge in [0.1, 0.15) is 5.75 Å². The largest absolute Gasteiger partial charge is 0.507 e. The zero-order valence-electron chi connectivity index (χ0n) is 25.4. The van der Waals surface area contributed by atoms with Gasteiger partial charge in [0.25, 0.3) is 0 Å². The highest BCUT2D eigenvalue weighted by Crippen LogP contribution is 2.50. The summed E-state index contributed by atoms with van der Waals surface area (Å²) < 4.78 is 0. The van der Waals surface area contributed by atoms with Gasteiger partial charge in [-0.3, -0.25) is 19.2 Å². The predicted molar refractivity (Wildman–Crippen MR) is 161 cm³/mol. The number of nitrogens with zero attached hydrogens (tertiary/aromatic N) is 2. The van der Waals surface area contributed by atoms with Crippen LogP contribution < -0.4 is 16.0 Å². The van der Waals surface area contributed by atoms with Gasteiger partial charge < -0.3 is 36.2 Å². The number of aromatic hydroxyl groups is 1. The molecule has 4 rings (SSSR count). The summed E-state index contributed by atoms with van der Waals surface area (Å²) in [5.74, 6) is -7.17. The number of phenolic OH excluding ortho intramolecular Hbond substituents is 1. The lowest BCUT2D eigenvalue weighted by Crippen LogP contribution is -2.67. The topological polar surface area (TPSA) is 174 Å². The fraction of sp³-hybridized carbons (Fsp3) is 0.500. The lowest BCUT2D eigenvalue weighted by molar-refractivity contribution is -0.171. The van der Waals surface area contributed by atoms with E-state index >= 15 is 0 Å². The Morgan fingerprint density at radius 2 is 1.84 bits per heavy atom. The first-order chi connectivity index (χ1) is 20.2. The summed E-state index contributed by atoms with van der Waals surface area (Å²) in [6, 6.07) is 9.02. The quantitative estimate of drug-likeness (QED) is 0.233. The molecule has 0 heterocycles. The van der Waals surface area contributed by atoms with Crippen molar-refractivity contribution in [3.8, 4) is 5.75 Å². The Bertz CT molecular complexity index is 1440. The summed E-state index contributed by atoms with van der Waals surface area (Å²) in [7, 11) is 6.96. The summed E-state index contributed by atoms with van der Waals surface area (Å²) in [4.78, 5) is 56.7. The number of likely N-dealkylation sites (N-methyl/N-ethyl adjacent to an activating group) is 1. The summed E-state index contributed by atoms with van der Waals surface area (Å²) >= 11 is 0. The van der Waals surface area contributed by atoms with E-state index in [9.17, 15) is 34.5 Å². The highest BCUT2D eigenvalue weighted by atomic mass is 16.3. The Morgan fingerprint density at radius 3 is 2.42 bits per heavy atom. The second-order valence-electron chi connectivity index (χ2n) is 12.3. The van der Waals surface area contributed by atoms with Gasteiger partial charge in [0.05, 0.1) is 24.5 Å². The highest BCUT2D eigenvalue weighted by Gasteiger charge is 2.62. The fourth-order valence-corrected chi connectivity index (χ4v) is 6.86. The van der Waals surface area contributed by atoms with E-state index in [1.165, 1.54) is 0 Å². The van der Waals surface area contributed by atoms with Crippen LogP contribution in [-0.2, 0) is 33.9 Å². The number of rotatable bonds is 11. The molecule has 0 bridgehead atoms. The van der Waals surface area contributed by atoms with Gasteiger partial charge in [-0.15, -0.1) is 0 Å². The molecule has 6 N–H and O–H groups in total. The smallest absolute Gasteiger partial charge is 0.225 e. The molecule has 1 fully saturated rings.